The van der Waals surface area contributed by atoms with Crippen molar-refractivity contribution in [3.8, 4) is 0 Å². The number of hydrogen-bond donors (Lipinski definition) is 4. The van der Waals surface area contributed by atoms with E-state index in [1.165, 1.54) is 44.9 Å². The maximum atomic E-state index is 8.77. The van der Waals surface area contributed by atoms with Crippen molar-refractivity contribution in [2.45, 2.75) is 64.3 Å². The summed E-state index contributed by atoms with van der Waals surface area (Å²) in [7, 11) is -3.81. The molecule has 0 atom stereocenters. The average molecular weight is 263 g/mol. The lowest BCUT2D eigenvalue weighted by atomic mass is 10.1. The Morgan fingerprint density at radius 2 is 1.29 bits per heavy atom. The van der Waals surface area contributed by atoms with Gasteiger partial charge in [0.2, 0.25) is 0 Å². The molecule has 0 radical (unpaired) electrons. The summed E-state index contributed by atoms with van der Waals surface area (Å²) in [6.07, 6.45) is 10.4. The molecule has 0 spiro atoms. The summed E-state index contributed by atoms with van der Waals surface area (Å²) in [6, 6.07) is 0.0873. The minimum absolute atomic E-state index is 0.0873. The van der Waals surface area contributed by atoms with E-state index in [9.17, 15) is 0 Å². The fraction of sp³-hybridized carbons (Fsp3) is 1.00. The monoisotopic (exact) mass is 263 g/mol. The lowest BCUT2D eigenvalue weighted by Gasteiger charge is -2.09. The van der Waals surface area contributed by atoms with Crippen LogP contribution in [0, 0.1) is 0 Å². The normalized spacial score (nSPS) is 12.0. The second-order valence-electron chi connectivity index (χ2n) is 4.75. The molecule has 0 unspecified atom stereocenters. The minimum Gasteiger partial charge on any atom is -0.390 e. The van der Waals surface area contributed by atoms with E-state index in [-0.39, 0.29) is 6.04 Å². The van der Waals surface area contributed by atoms with Gasteiger partial charge in [-0.25, -0.2) is 0 Å². The molecule has 4 nitrogen and oxygen atoms in total. The highest BCUT2D eigenvalue weighted by molar-refractivity contribution is 6.56. The first-order valence-electron chi connectivity index (χ1n) is 6.94. The molecule has 5 heteroatoms. The van der Waals surface area contributed by atoms with Crippen molar-refractivity contribution in [3.05, 3.63) is 0 Å². The Balaban J connectivity index is 2.99. The molecule has 0 aliphatic rings. The van der Waals surface area contributed by atoms with Gasteiger partial charge in [-0.3, -0.25) is 0 Å². The van der Waals surface area contributed by atoms with Crippen LogP contribution in [0.1, 0.15) is 58.3 Å². The summed E-state index contributed by atoms with van der Waals surface area (Å²) >= 11 is 0. The van der Waals surface area contributed by atoms with Crippen molar-refractivity contribution in [2.24, 2.45) is 0 Å². The van der Waals surface area contributed by atoms with Gasteiger partial charge in [0.1, 0.15) is 0 Å². The smallest absolute Gasteiger partial charge is 0.390 e. The molecule has 4 N–H and O–H groups in total. The minimum atomic E-state index is -3.81. The Labute approximate surface area is 106 Å². The van der Waals surface area contributed by atoms with Crippen molar-refractivity contribution in [1.82, 2.24) is 5.32 Å². The maximum absolute atomic E-state index is 8.77. The van der Waals surface area contributed by atoms with Crippen LogP contribution in [-0.2, 0) is 0 Å². The van der Waals surface area contributed by atoms with Crippen molar-refractivity contribution >= 4 is 8.80 Å². The summed E-state index contributed by atoms with van der Waals surface area (Å²) in [4.78, 5) is 26.3. The van der Waals surface area contributed by atoms with Crippen molar-refractivity contribution in [3.63, 3.8) is 0 Å². The van der Waals surface area contributed by atoms with Gasteiger partial charge in [-0.1, -0.05) is 51.9 Å². The standard InChI is InChI=1S/C12H29NO3Si/c1-2-3-4-5-6-7-8-9-10-13-11-12-17(14,15)16/h13-16H,2-12H2,1H3. The maximum Gasteiger partial charge on any atom is 0.494 e. The molecule has 17 heavy (non-hydrogen) atoms. The zero-order valence-corrected chi connectivity index (χ0v) is 12.1. The third kappa shape index (κ3) is 16.1. The van der Waals surface area contributed by atoms with Gasteiger partial charge in [-0.05, 0) is 19.5 Å². The molecule has 0 heterocycles. The van der Waals surface area contributed by atoms with E-state index < -0.39 is 8.80 Å². The zero-order chi connectivity index (χ0) is 13.0. The van der Waals surface area contributed by atoms with Gasteiger partial charge in [0.15, 0.2) is 0 Å². The van der Waals surface area contributed by atoms with E-state index in [1.54, 1.807) is 0 Å². The second-order valence-corrected chi connectivity index (χ2v) is 6.80. The van der Waals surface area contributed by atoms with Gasteiger partial charge in [-0.15, -0.1) is 0 Å². The van der Waals surface area contributed by atoms with E-state index in [1.807, 2.05) is 0 Å². The van der Waals surface area contributed by atoms with Gasteiger partial charge in [-0.2, -0.15) is 0 Å². The summed E-state index contributed by atoms with van der Waals surface area (Å²) in [5.74, 6) is 0. The van der Waals surface area contributed by atoms with Crippen LogP contribution in [0.15, 0.2) is 0 Å². The molecule has 0 saturated carbocycles. The molecule has 0 rings (SSSR count). The number of rotatable bonds is 12. The molecule has 104 valence electrons. The molecule has 0 aliphatic heterocycles. The predicted molar refractivity (Wildman–Crippen MR) is 72.7 cm³/mol. The SMILES string of the molecule is CCCCCCCCCCNCC[Si](O)(O)O. The van der Waals surface area contributed by atoms with E-state index in [2.05, 4.69) is 12.2 Å². The Morgan fingerprint density at radius 3 is 1.82 bits per heavy atom. The first-order valence-corrected chi connectivity index (χ1v) is 8.99. The predicted octanol–water partition coefficient (Wildman–Crippen LogP) is 1.63. The molecular weight excluding hydrogens is 234 g/mol. The first kappa shape index (κ1) is 17.1. The molecule has 0 aliphatic carbocycles. The second kappa shape index (κ2) is 11.2. The third-order valence-electron chi connectivity index (χ3n) is 2.84. The topological polar surface area (TPSA) is 72.7 Å². The largest absolute Gasteiger partial charge is 0.494 e. The lowest BCUT2D eigenvalue weighted by molar-refractivity contribution is 0.227. The van der Waals surface area contributed by atoms with Gasteiger partial charge in [0.25, 0.3) is 0 Å². The quantitative estimate of drug-likeness (QED) is 0.319. The van der Waals surface area contributed by atoms with Crippen LogP contribution in [0.4, 0.5) is 0 Å². The van der Waals surface area contributed by atoms with Gasteiger partial charge < -0.3 is 19.7 Å². The summed E-state index contributed by atoms with van der Waals surface area (Å²) in [6.45, 7) is 3.63. The Kier molecular flexibility index (Phi) is 11.2. The highest BCUT2D eigenvalue weighted by atomic mass is 28.4. The molecule has 0 aromatic heterocycles. The number of unbranched alkanes of at least 4 members (excludes halogenated alkanes) is 7. The molecule has 0 aromatic rings. The van der Waals surface area contributed by atoms with Crippen LogP contribution < -0.4 is 5.32 Å². The number of hydrogen-bond acceptors (Lipinski definition) is 4. The lowest BCUT2D eigenvalue weighted by Crippen LogP contribution is -2.38. The van der Waals surface area contributed by atoms with Gasteiger partial charge in [0, 0.05) is 6.04 Å². The molecule has 0 bridgehead atoms. The highest BCUT2D eigenvalue weighted by Gasteiger charge is 2.25. The molecule has 0 amide bonds. The molecule has 0 saturated heterocycles. The van der Waals surface area contributed by atoms with E-state index >= 15 is 0 Å². The Morgan fingerprint density at radius 1 is 0.765 bits per heavy atom. The van der Waals surface area contributed by atoms with Crippen molar-refractivity contribution in [2.75, 3.05) is 13.1 Å². The summed E-state index contributed by atoms with van der Waals surface area (Å²) < 4.78 is 0. The molecular formula is C12H29NO3Si. The molecule has 0 fully saturated rings. The van der Waals surface area contributed by atoms with Gasteiger partial charge in [0.05, 0.1) is 0 Å². The summed E-state index contributed by atoms with van der Waals surface area (Å²) in [5.41, 5.74) is 0. The van der Waals surface area contributed by atoms with Crippen LogP contribution in [0.5, 0.6) is 0 Å². The van der Waals surface area contributed by atoms with Crippen LogP contribution in [-0.4, -0.2) is 36.3 Å². The van der Waals surface area contributed by atoms with Crippen LogP contribution in [0.3, 0.4) is 0 Å². The van der Waals surface area contributed by atoms with Crippen LogP contribution in [0.25, 0.3) is 0 Å². The fourth-order valence-electron chi connectivity index (χ4n) is 1.76. The first-order chi connectivity index (χ1) is 8.06. The zero-order valence-electron chi connectivity index (χ0n) is 11.1. The highest BCUT2D eigenvalue weighted by Crippen LogP contribution is 2.07. The Bertz CT molecular complexity index is 162. The number of nitrogens with one attached hydrogen (secondary N) is 1. The summed E-state index contributed by atoms with van der Waals surface area (Å²) in [5, 5.41) is 3.11. The van der Waals surface area contributed by atoms with Crippen molar-refractivity contribution in [1.29, 1.82) is 0 Å². The van der Waals surface area contributed by atoms with E-state index in [0.29, 0.717) is 6.54 Å². The van der Waals surface area contributed by atoms with Crippen LogP contribution >= 0.6 is 0 Å². The third-order valence-corrected chi connectivity index (χ3v) is 3.77. The van der Waals surface area contributed by atoms with Crippen LogP contribution in [0.2, 0.25) is 6.04 Å². The molecule has 0 aromatic carbocycles. The Hall–Kier alpha value is 0.0569. The van der Waals surface area contributed by atoms with E-state index in [4.69, 9.17) is 14.4 Å². The fourth-order valence-corrected chi connectivity index (χ4v) is 2.28. The average Bonchev–Trinajstić information content (AvgIpc) is 2.24. The van der Waals surface area contributed by atoms with Gasteiger partial charge >= 0.3 is 8.80 Å². The van der Waals surface area contributed by atoms with Crippen molar-refractivity contribution < 1.29 is 14.4 Å². The van der Waals surface area contributed by atoms with E-state index in [0.717, 1.165) is 13.0 Å².